The van der Waals surface area contributed by atoms with Gasteiger partial charge in [0.2, 0.25) is 11.8 Å². The molecule has 1 heterocycles. The number of halogens is 1. The molecular weight excluding hydrogens is 253 g/mol. The summed E-state index contributed by atoms with van der Waals surface area (Å²) in [6.45, 7) is 1.40. The molecule has 2 amide bonds. The minimum atomic E-state index is -1.19. The zero-order valence-corrected chi connectivity index (χ0v) is 10.2. The summed E-state index contributed by atoms with van der Waals surface area (Å²) in [6, 6.07) is 3.30. The SMILES string of the molecule is CC1CC(=O)N(Cc2cc(C(=O)O)ccc2F)C1=O. The number of carboxylic acid groups (broad SMARTS) is 1. The van der Waals surface area contributed by atoms with Crippen LogP contribution in [0.4, 0.5) is 4.39 Å². The highest BCUT2D eigenvalue weighted by molar-refractivity contribution is 6.03. The molecule has 0 spiro atoms. The Hall–Kier alpha value is -2.24. The van der Waals surface area contributed by atoms with Gasteiger partial charge in [0.15, 0.2) is 0 Å². The van der Waals surface area contributed by atoms with Gasteiger partial charge in [-0.1, -0.05) is 6.92 Å². The number of carboxylic acids is 1. The number of hydrogen-bond donors (Lipinski definition) is 1. The fourth-order valence-corrected chi connectivity index (χ4v) is 2.01. The maximum atomic E-state index is 13.6. The van der Waals surface area contributed by atoms with Crippen LogP contribution in [0.25, 0.3) is 0 Å². The summed E-state index contributed by atoms with van der Waals surface area (Å²) >= 11 is 0. The van der Waals surface area contributed by atoms with Crippen LogP contribution in [-0.4, -0.2) is 27.8 Å². The first-order valence-corrected chi connectivity index (χ1v) is 5.76. The summed E-state index contributed by atoms with van der Waals surface area (Å²) in [4.78, 5) is 35.1. The Morgan fingerprint density at radius 3 is 2.68 bits per heavy atom. The minimum absolute atomic E-state index is 0.0238. The lowest BCUT2D eigenvalue weighted by molar-refractivity contribution is -0.139. The number of carbonyl (C=O) groups is 3. The Balaban J connectivity index is 2.28. The Morgan fingerprint density at radius 2 is 2.16 bits per heavy atom. The number of amides is 2. The van der Waals surface area contributed by atoms with Gasteiger partial charge in [-0.3, -0.25) is 14.5 Å². The molecule has 1 aromatic carbocycles. The van der Waals surface area contributed by atoms with Gasteiger partial charge in [-0.15, -0.1) is 0 Å². The Labute approximate surface area is 108 Å². The van der Waals surface area contributed by atoms with E-state index in [-0.39, 0.29) is 35.9 Å². The van der Waals surface area contributed by atoms with E-state index < -0.39 is 17.7 Å². The summed E-state index contributed by atoms with van der Waals surface area (Å²) in [5.74, 6) is -2.94. The standard InChI is InChI=1S/C13H12FNO4/c1-7-4-11(16)15(12(7)17)6-9-5-8(13(18)19)2-3-10(9)14/h2-3,5,7H,4,6H2,1H3,(H,18,19). The minimum Gasteiger partial charge on any atom is -0.478 e. The topological polar surface area (TPSA) is 74.7 Å². The normalized spacial score (nSPS) is 19.1. The Bertz CT molecular complexity index is 570. The number of carbonyl (C=O) groups excluding carboxylic acids is 2. The first-order chi connectivity index (χ1) is 8.90. The van der Waals surface area contributed by atoms with Gasteiger partial charge in [-0.05, 0) is 18.2 Å². The number of likely N-dealkylation sites (tertiary alicyclic amines) is 1. The van der Waals surface area contributed by atoms with Crippen molar-refractivity contribution in [1.82, 2.24) is 4.90 Å². The molecule has 0 aliphatic carbocycles. The van der Waals surface area contributed by atoms with Gasteiger partial charge in [0, 0.05) is 17.9 Å². The molecule has 0 aromatic heterocycles. The van der Waals surface area contributed by atoms with Crippen molar-refractivity contribution in [2.24, 2.45) is 5.92 Å². The fraction of sp³-hybridized carbons (Fsp3) is 0.308. The van der Waals surface area contributed by atoms with Gasteiger partial charge >= 0.3 is 5.97 Å². The second kappa shape index (κ2) is 4.79. The Kier molecular flexibility index (Phi) is 3.33. The molecule has 1 aliphatic heterocycles. The highest BCUT2D eigenvalue weighted by Crippen LogP contribution is 2.22. The third-order valence-corrected chi connectivity index (χ3v) is 3.09. The van der Waals surface area contributed by atoms with E-state index in [4.69, 9.17) is 5.11 Å². The second-order valence-corrected chi connectivity index (χ2v) is 4.53. The van der Waals surface area contributed by atoms with Crippen molar-refractivity contribution in [2.45, 2.75) is 19.9 Å². The van der Waals surface area contributed by atoms with Crippen molar-refractivity contribution < 1.29 is 23.9 Å². The summed E-state index contributed by atoms with van der Waals surface area (Å²) in [6.07, 6.45) is 0.110. The average molecular weight is 265 g/mol. The average Bonchev–Trinajstić information content (AvgIpc) is 2.58. The van der Waals surface area contributed by atoms with Crippen LogP contribution in [-0.2, 0) is 16.1 Å². The summed E-state index contributed by atoms with van der Waals surface area (Å²) < 4.78 is 13.6. The maximum Gasteiger partial charge on any atom is 0.335 e. The predicted octanol–water partition coefficient (Wildman–Crippen LogP) is 1.42. The number of benzene rings is 1. The lowest BCUT2D eigenvalue weighted by Crippen LogP contribution is -2.30. The zero-order valence-electron chi connectivity index (χ0n) is 10.2. The number of nitrogens with zero attached hydrogens (tertiary/aromatic N) is 1. The van der Waals surface area contributed by atoms with Crippen LogP contribution in [0.15, 0.2) is 18.2 Å². The predicted molar refractivity (Wildman–Crippen MR) is 62.7 cm³/mol. The van der Waals surface area contributed by atoms with Gasteiger partial charge in [0.1, 0.15) is 5.82 Å². The zero-order chi connectivity index (χ0) is 14.2. The van der Waals surface area contributed by atoms with E-state index in [0.29, 0.717) is 0 Å². The largest absolute Gasteiger partial charge is 0.478 e. The van der Waals surface area contributed by atoms with Crippen LogP contribution in [0.5, 0.6) is 0 Å². The van der Waals surface area contributed by atoms with Crippen molar-refractivity contribution in [3.8, 4) is 0 Å². The van der Waals surface area contributed by atoms with Gasteiger partial charge in [0.05, 0.1) is 12.1 Å². The quantitative estimate of drug-likeness (QED) is 0.839. The second-order valence-electron chi connectivity index (χ2n) is 4.53. The van der Waals surface area contributed by atoms with Crippen molar-refractivity contribution in [3.05, 3.63) is 35.1 Å². The van der Waals surface area contributed by atoms with Gasteiger partial charge in [0.25, 0.3) is 0 Å². The van der Waals surface area contributed by atoms with Crippen LogP contribution in [0.2, 0.25) is 0 Å². The number of aromatic carboxylic acids is 1. The van der Waals surface area contributed by atoms with E-state index in [1.54, 1.807) is 6.92 Å². The van der Waals surface area contributed by atoms with E-state index in [1.165, 1.54) is 0 Å². The molecule has 1 N–H and O–H groups in total. The maximum absolute atomic E-state index is 13.6. The molecule has 0 radical (unpaired) electrons. The van der Waals surface area contributed by atoms with Crippen molar-refractivity contribution in [1.29, 1.82) is 0 Å². The number of rotatable bonds is 3. The molecule has 0 saturated carbocycles. The summed E-state index contributed by atoms with van der Waals surface area (Å²) in [5, 5.41) is 8.84. The van der Waals surface area contributed by atoms with E-state index in [2.05, 4.69) is 0 Å². The molecule has 1 aliphatic rings. The highest BCUT2D eigenvalue weighted by Gasteiger charge is 2.35. The number of hydrogen-bond acceptors (Lipinski definition) is 3. The van der Waals surface area contributed by atoms with Crippen molar-refractivity contribution in [2.75, 3.05) is 0 Å². The molecule has 6 heteroatoms. The number of imide groups is 1. The van der Waals surface area contributed by atoms with E-state index in [9.17, 15) is 18.8 Å². The van der Waals surface area contributed by atoms with E-state index >= 15 is 0 Å². The highest BCUT2D eigenvalue weighted by atomic mass is 19.1. The molecule has 0 bridgehead atoms. The van der Waals surface area contributed by atoms with Crippen molar-refractivity contribution >= 4 is 17.8 Å². The van der Waals surface area contributed by atoms with Gasteiger partial charge in [-0.25, -0.2) is 9.18 Å². The van der Waals surface area contributed by atoms with Crippen molar-refractivity contribution in [3.63, 3.8) is 0 Å². The molecule has 1 fully saturated rings. The molecule has 1 aromatic rings. The molecule has 5 nitrogen and oxygen atoms in total. The lowest BCUT2D eigenvalue weighted by Gasteiger charge is -2.15. The lowest BCUT2D eigenvalue weighted by atomic mass is 10.1. The first-order valence-electron chi connectivity index (χ1n) is 5.76. The van der Waals surface area contributed by atoms with Crippen LogP contribution >= 0.6 is 0 Å². The van der Waals surface area contributed by atoms with Crippen LogP contribution in [0, 0.1) is 11.7 Å². The Morgan fingerprint density at radius 1 is 1.47 bits per heavy atom. The molecule has 1 saturated heterocycles. The molecule has 1 atom stereocenters. The summed E-state index contributed by atoms with van der Waals surface area (Å²) in [5.41, 5.74) is -0.0563. The van der Waals surface area contributed by atoms with Crippen LogP contribution in [0.1, 0.15) is 29.3 Å². The van der Waals surface area contributed by atoms with Crippen LogP contribution in [0.3, 0.4) is 0 Å². The van der Waals surface area contributed by atoms with Gasteiger partial charge in [-0.2, -0.15) is 0 Å². The molecule has 1 unspecified atom stereocenters. The van der Waals surface area contributed by atoms with Crippen LogP contribution < -0.4 is 0 Å². The summed E-state index contributed by atoms with van der Waals surface area (Å²) in [7, 11) is 0. The third-order valence-electron chi connectivity index (χ3n) is 3.09. The fourth-order valence-electron chi connectivity index (χ4n) is 2.01. The smallest absolute Gasteiger partial charge is 0.335 e. The third kappa shape index (κ3) is 2.47. The molecule has 19 heavy (non-hydrogen) atoms. The van der Waals surface area contributed by atoms with E-state index in [0.717, 1.165) is 23.1 Å². The molecule has 2 rings (SSSR count). The monoisotopic (exact) mass is 265 g/mol. The molecular formula is C13H12FNO4. The molecule has 100 valence electrons. The van der Waals surface area contributed by atoms with Gasteiger partial charge < -0.3 is 5.11 Å². The van der Waals surface area contributed by atoms with E-state index in [1.807, 2.05) is 0 Å². The first kappa shape index (κ1) is 13.2.